The summed E-state index contributed by atoms with van der Waals surface area (Å²) in [4.78, 5) is 33.1. The van der Waals surface area contributed by atoms with E-state index >= 15 is 0 Å². The van der Waals surface area contributed by atoms with E-state index in [0.29, 0.717) is 12.1 Å². The van der Waals surface area contributed by atoms with E-state index in [2.05, 4.69) is 10.3 Å². The first kappa shape index (κ1) is 15.9. The minimum absolute atomic E-state index is 0.00225. The summed E-state index contributed by atoms with van der Waals surface area (Å²) in [5.74, 6) is 0.149. The molecule has 2 aliphatic heterocycles. The van der Waals surface area contributed by atoms with Crippen LogP contribution in [0.1, 0.15) is 29.6 Å². The van der Waals surface area contributed by atoms with Gasteiger partial charge in [-0.1, -0.05) is 0 Å². The molecule has 23 heavy (non-hydrogen) atoms. The largest absolute Gasteiger partial charge is 0.341 e. The molecule has 3 heterocycles. The molecule has 1 atom stereocenters. The number of likely N-dealkylation sites (tertiary alicyclic amines) is 1. The predicted octanol–water partition coefficient (Wildman–Crippen LogP) is 0.756. The number of hydrogen-bond acceptors (Lipinski definition) is 4. The number of hydrogen-bond donors (Lipinski definition) is 1. The number of pyridine rings is 1. The van der Waals surface area contributed by atoms with E-state index in [1.54, 1.807) is 24.5 Å². The van der Waals surface area contributed by atoms with Crippen LogP contribution >= 0.6 is 0 Å². The molecule has 2 aliphatic rings. The van der Waals surface area contributed by atoms with Gasteiger partial charge in [-0.3, -0.25) is 14.6 Å². The Balaban J connectivity index is 1.63. The highest BCUT2D eigenvalue weighted by Crippen LogP contribution is 2.21. The minimum Gasteiger partial charge on any atom is -0.341 e. The van der Waals surface area contributed by atoms with Crippen molar-refractivity contribution in [3.63, 3.8) is 0 Å². The van der Waals surface area contributed by atoms with Crippen molar-refractivity contribution in [3.05, 3.63) is 30.1 Å². The molecule has 0 aromatic carbocycles. The maximum absolute atomic E-state index is 12.8. The maximum Gasteiger partial charge on any atom is 0.253 e. The van der Waals surface area contributed by atoms with Crippen LogP contribution in [-0.4, -0.2) is 65.9 Å². The number of amides is 2. The summed E-state index contributed by atoms with van der Waals surface area (Å²) in [5.41, 5.74) is 0.645. The first-order valence-electron chi connectivity index (χ1n) is 8.44. The molecule has 0 saturated carbocycles. The zero-order valence-electron chi connectivity index (χ0n) is 13.4. The van der Waals surface area contributed by atoms with E-state index in [4.69, 9.17) is 0 Å². The third kappa shape index (κ3) is 3.88. The van der Waals surface area contributed by atoms with Crippen molar-refractivity contribution >= 4 is 11.8 Å². The van der Waals surface area contributed by atoms with E-state index in [1.165, 1.54) is 0 Å². The molecule has 1 aromatic rings. The van der Waals surface area contributed by atoms with Gasteiger partial charge in [0, 0.05) is 50.7 Å². The van der Waals surface area contributed by atoms with Crippen LogP contribution in [0.4, 0.5) is 0 Å². The van der Waals surface area contributed by atoms with Gasteiger partial charge in [-0.2, -0.15) is 0 Å². The molecule has 0 spiro atoms. The van der Waals surface area contributed by atoms with Crippen molar-refractivity contribution in [2.45, 2.75) is 19.3 Å². The molecule has 2 saturated heterocycles. The summed E-state index contributed by atoms with van der Waals surface area (Å²) in [6, 6.07) is 3.46. The number of nitrogens with one attached hydrogen (secondary N) is 1. The zero-order valence-corrected chi connectivity index (χ0v) is 13.4. The quantitative estimate of drug-likeness (QED) is 0.875. The lowest BCUT2D eigenvalue weighted by Gasteiger charge is -2.34. The SMILES string of the molecule is O=C(c1ccncc1)N1CCCC(C(=O)N2CCCNCC2)C1. The van der Waals surface area contributed by atoms with E-state index in [9.17, 15) is 9.59 Å². The number of nitrogens with zero attached hydrogens (tertiary/aromatic N) is 3. The van der Waals surface area contributed by atoms with Gasteiger partial charge in [-0.05, 0) is 37.9 Å². The lowest BCUT2D eigenvalue weighted by Crippen LogP contribution is -2.47. The second-order valence-electron chi connectivity index (χ2n) is 6.26. The molecule has 1 N–H and O–H groups in total. The topological polar surface area (TPSA) is 65.5 Å². The molecular formula is C17H24N4O2. The van der Waals surface area contributed by atoms with Gasteiger partial charge in [-0.15, -0.1) is 0 Å². The molecule has 1 unspecified atom stereocenters. The van der Waals surface area contributed by atoms with Crippen molar-refractivity contribution in [1.29, 1.82) is 0 Å². The molecule has 1 aromatic heterocycles. The Morgan fingerprint density at radius 3 is 2.65 bits per heavy atom. The maximum atomic E-state index is 12.8. The van der Waals surface area contributed by atoms with Crippen molar-refractivity contribution in [2.75, 3.05) is 39.3 Å². The number of rotatable bonds is 2. The van der Waals surface area contributed by atoms with Gasteiger partial charge in [0.25, 0.3) is 5.91 Å². The van der Waals surface area contributed by atoms with Crippen LogP contribution in [0.5, 0.6) is 0 Å². The average molecular weight is 316 g/mol. The van der Waals surface area contributed by atoms with E-state index in [1.807, 2.05) is 9.80 Å². The van der Waals surface area contributed by atoms with Gasteiger partial charge in [-0.25, -0.2) is 0 Å². The molecule has 124 valence electrons. The number of aromatic nitrogens is 1. The van der Waals surface area contributed by atoms with E-state index in [0.717, 1.165) is 52.0 Å². The Bertz CT molecular complexity index is 541. The molecule has 6 heteroatoms. The molecule has 2 amide bonds. The average Bonchev–Trinajstić information content (AvgIpc) is 2.91. The normalized spacial score (nSPS) is 22.5. The molecule has 0 radical (unpaired) electrons. The van der Waals surface area contributed by atoms with Gasteiger partial charge < -0.3 is 15.1 Å². The van der Waals surface area contributed by atoms with Gasteiger partial charge in [0.1, 0.15) is 0 Å². The zero-order chi connectivity index (χ0) is 16.1. The molecule has 3 rings (SSSR count). The fraction of sp³-hybridized carbons (Fsp3) is 0.588. The summed E-state index contributed by atoms with van der Waals surface area (Å²) >= 11 is 0. The van der Waals surface area contributed by atoms with Crippen molar-refractivity contribution in [2.24, 2.45) is 5.92 Å². The van der Waals surface area contributed by atoms with Gasteiger partial charge >= 0.3 is 0 Å². The Morgan fingerprint density at radius 1 is 1.04 bits per heavy atom. The standard InChI is InChI=1S/C17H24N4O2/c22-16(14-4-7-19-8-5-14)21-10-1-3-15(13-21)17(23)20-11-2-6-18-9-12-20/h4-5,7-8,15,18H,1-3,6,9-13H2. The highest BCUT2D eigenvalue weighted by molar-refractivity contribution is 5.94. The minimum atomic E-state index is -0.0624. The Morgan fingerprint density at radius 2 is 1.83 bits per heavy atom. The van der Waals surface area contributed by atoms with Crippen LogP contribution in [0, 0.1) is 5.92 Å². The fourth-order valence-corrected chi connectivity index (χ4v) is 3.36. The lowest BCUT2D eigenvalue weighted by atomic mass is 9.95. The molecular weight excluding hydrogens is 292 g/mol. The molecule has 0 bridgehead atoms. The lowest BCUT2D eigenvalue weighted by molar-refractivity contribution is -0.136. The number of piperidine rings is 1. The van der Waals surface area contributed by atoms with Gasteiger partial charge in [0.05, 0.1) is 5.92 Å². The second kappa shape index (κ2) is 7.55. The monoisotopic (exact) mass is 316 g/mol. The Kier molecular flexibility index (Phi) is 5.23. The first-order valence-corrected chi connectivity index (χ1v) is 8.44. The molecule has 2 fully saturated rings. The smallest absolute Gasteiger partial charge is 0.253 e. The van der Waals surface area contributed by atoms with Crippen LogP contribution in [0.15, 0.2) is 24.5 Å². The van der Waals surface area contributed by atoms with Crippen LogP contribution in [0.25, 0.3) is 0 Å². The van der Waals surface area contributed by atoms with Crippen molar-refractivity contribution in [1.82, 2.24) is 20.1 Å². The highest BCUT2D eigenvalue weighted by Gasteiger charge is 2.31. The molecule has 0 aliphatic carbocycles. The van der Waals surface area contributed by atoms with Crippen LogP contribution in [-0.2, 0) is 4.79 Å². The third-order valence-corrected chi connectivity index (χ3v) is 4.64. The Hall–Kier alpha value is -1.95. The summed E-state index contributed by atoms with van der Waals surface area (Å²) in [6.07, 6.45) is 6.02. The summed E-state index contributed by atoms with van der Waals surface area (Å²) in [5, 5.41) is 3.32. The van der Waals surface area contributed by atoms with Crippen LogP contribution in [0.3, 0.4) is 0 Å². The van der Waals surface area contributed by atoms with E-state index in [-0.39, 0.29) is 17.7 Å². The van der Waals surface area contributed by atoms with E-state index < -0.39 is 0 Å². The summed E-state index contributed by atoms with van der Waals surface area (Å²) in [6.45, 7) is 4.68. The van der Waals surface area contributed by atoms with Crippen LogP contribution in [0.2, 0.25) is 0 Å². The Labute approximate surface area is 136 Å². The van der Waals surface area contributed by atoms with Crippen LogP contribution < -0.4 is 5.32 Å². The summed E-state index contributed by atoms with van der Waals surface area (Å²) < 4.78 is 0. The fourth-order valence-electron chi connectivity index (χ4n) is 3.36. The van der Waals surface area contributed by atoms with Gasteiger partial charge in [0.2, 0.25) is 5.91 Å². The highest BCUT2D eigenvalue weighted by atomic mass is 16.2. The van der Waals surface area contributed by atoms with Crippen molar-refractivity contribution < 1.29 is 9.59 Å². The number of carbonyl (C=O) groups is 2. The molecule has 6 nitrogen and oxygen atoms in total. The first-order chi connectivity index (χ1) is 11.3. The van der Waals surface area contributed by atoms with Crippen molar-refractivity contribution in [3.8, 4) is 0 Å². The number of carbonyl (C=O) groups excluding carboxylic acids is 2. The summed E-state index contributed by atoms with van der Waals surface area (Å²) in [7, 11) is 0. The third-order valence-electron chi connectivity index (χ3n) is 4.64. The predicted molar refractivity (Wildman–Crippen MR) is 86.9 cm³/mol. The van der Waals surface area contributed by atoms with Gasteiger partial charge in [0.15, 0.2) is 0 Å². The second-order valence-corrected chi connectivity index (χ2v) is 6.26.